The molecular weight excluding hydrogens is 408 g/mol. The van der Waals surface area contributed by atoms with Crippen molar-refractivity contribution in [3.05, 3.63) is 46.5 Å². The summed E-state index contributed by atoms with van der Waals surface area (Å²) in [6, 6.07) is 3.94. The zero-order valence-electron chi connectivity index (χ0n) is 16.7. The third kappa shape index (κ3) is 3.39. The highest BCUT2D eigenvalue weighted by Gasteiger charge is 2.40. The quantitative estimate of drug-likeness (QED) is 0.555. The van der Waals surface area contributed by atoms with Crippen molar-refractivity contribution in [2.45, 2.75) is 43.7 Å². The monoisotopic (exact) mass is 429 g/mol. The standard InChI is InChI=1S/C20H21F2N7O2/c1-23-17-8-16(25-14-3-2-6-28(20(14)31)15-7-12(15)22)27-18-10(9-24-29(17)18)19(30)26-13-5-4-11(13)21/h2-3,6,8-9,11-13,15,23H,4-5,7H2,1H3,(H,25,27)(H,26,30)/t11-,12+,13-,15?/m0/s1. The van der Waals surface area contributed by atoms with Gasteiger partial charge in [0.15, 0.2) is 5.65 Å². The van der Waals surface area contributed by atoms with Crippen LogP contribution in [-0.2, 0) is 0 Å². The van der Waals surface area contributed by atoms with Gasteiger partial charge in [0.2, 0.25) is 0 Å². The fourth-order valence-corrected chi connectivity index (χ4v) is 3.68. The largest absolute Gasteiger partial charge is 0.373 e. The lowest BCUT2D eigenvalue weighted by Gasteiger charge is -2.30. The number of carbonyl (C=O) groups is 1. The van der Waals surface area contributed by atoms with Gasteiger partial charge >= 0.3 is 0 Å². The summed E-state index contributed by atoms with van der Waals surface area (Å²) >= 11 is 0. The molecule has 5 rings (SSSR count). The summed E-state index contributed by atoms with van der Waals surface area (Å²) in [5.74, 6) is 0.375. The molecule has 1 unspecified atom stereocenters. The van der Waals surface area contributed by atoms with Gasteiger partial charge in [-0.15, -0.1) is 0 Å². The van der Waals surface area contributed by atoms with Gasteiger partial charge in [-0.3, -0.25) is 9.59 Å². The second-order valence-electron chi connectivity index (χ2n) is 7.82. The molecule has 2 fully saturated rings. The van der Waals surface area contributed by atoms with Crippen LogP contribution in [-0.4, -0.2) is 50.5 Å². The molecular formula is C20H21F2N7O2. The van der Waals surface area contributed by atoms with Gasteiger partial charge in [0.1, 0.15) is 35.2 Å². The van der Waals surface area contributed by atoms with Crippen LogP contribution in [0, 0.1) is 0 Å². The van der Waals surface area contributed by atoms with Gasteiger partial charge in [-0.2, -0.15) is 9.61 Å². The number of carbonyl (C=O) groups excluding carboxylic acids is 1. The molecule has 0 aromatic carbocycles. The number of anilines is 3. The van der Waals surface area contributed by atoms with Gasteiger partial charge in [-0.05, 0) is 25.0 Å². The first kappa shape index (κ1) is 19.5. The molecule has 3 aromatic heterocycles. The third-order valence-corrected chi connectivity index (χ3v) is 5.75. The summed E-state index contributed by atoms with van der Waals surface area (Å²) in [6.07, 6.45) is 2.24. The van der Waals surface area contributed by atoms with E-state index in [0.29, 0.717) is 30.9 Å². The highest BCUT2D eigenvalue weighted by molar-refractivity contribution is 6.00. The minimum absolute atomic E-state index is 0.197. The van der Waals surface area contributed by atoms with E-state index in [1.54, 1.807) is 31.4 Å². The average Bonchev–Trinajstić information content (AvgIpc) is 3.32. The normalized spacial score (nSPS) is 24.5. The van der Waals surface area contributed by atoms with E-state index in [4.69, 9.17) is 0 Å². The Morgan fingerprint density at radius 2 is 2.06 bits per heavy atom. The lowest BCUT2D eigenvalue weighted by atomic mass is 9.90. The Hall–Kier alpha value is -3.50. The Balaban J connectivity index is 1.48. The Morgan fingerprint density at radius 3 is 2.71 bits per heavy atom. The molecule has 3 aromatic rings. The molecule has 0 radical (unpaired) electrons. The molecule has 2 aliphatic rings. The molecule has 0 saturated heterocycles. The van der Waals surface area contributed by atoms with Gasteiger partial charge < -0.3 is 20.5 Å². The molecule has 0 aliphatic heterocycles. The van der Waals surface area contributed by atoms with Gasteiger partial charge in [0.25, 0.3) is 11.5 Å². The maximum atomic E-state index is 13.6. The van der Waals surface area contributed by atoms with Crippen molar-refractivity contribution in [2.75, 3.05) is 17.7 Å². The summed E-state index contributed by atoms with van der Waals surface area (Å²) in [4.78, 5) is 29.8. The number of pyridine rings is 1. The number of rotatable bonds is 6. The van der Waals surface area contributed by atoms with Crippen molar-refractivity contribution >= 4 is 28.9 Å². The van der Waals surface area contributed by atoms with Crippen LogP contribution in [0.1, 0.15) is 35.7 Å². The molecule has 11 heteroatoms. The predicted octanol–water partition coefficient (Wildman–Crippen LogP) is 2.19. The molecule has 2 aliphatic carbocycles. The maximum Gasteiger partial charge on any atom is 0.274 e. The number of fused-ring (bicyclic) bond motifs is 1. The van der Waals surface area contributed by atoms with Crippen molar-refractivity contribution in [1.82, 2.24) is 24.5 Å². The molecule has 0 spiro atoms. The van der Waals surface area contributed by atoms with E-state index in [1.807, 2.05) is 0 Å². The first-order chi connectivity index (χ1) is 15.0. The van der Waals surface area contributed by atoms with E-state index < -0.39 is 30.3 Å². The lowest BCUT2D eigenvalue weighted by molar-refractivity contribution is 0.0826. The van der Waals surface area contributed by atoms with Crippen molar-refractivity contribution in [3.63, 3.8) is 0 Å². The molecule has 0 bridgehead atoms. The fourth-order valence-electron chi connectivity index (χ4n) is 3.68. The minimum atomic E-state index is -1.04. The second kappa shape index (κ2) is 7.33. The summed E-state index contributed by atoms with van der Waals surface area (Å²) < 4.78 is 29.8. The smallest absolute Gasteiger partial charge is 0.274 e. The minimum Gasteiger partial charge on any atom is -0.373 e. The zero-order chi connectivity index (χ0) is 21.7. The first-order valence-electron chi connectivity index (χ1n) is 10.1. The maximum absolute atomic E-state index is 13.6. The SMILES string of the molecule is CNc1cc(Nc2cccn(C3C[C@H]3F)c2=O)nc2c(C(=O)N[C@H]3CC[C@@H]3F)cnn12. The van der Waals surface area contributed by atoms with Crippen LogP contribution in [0.4, 0.5) is 26.1 Å². The molecule has 3 N–H and O–H groups in total. The van der Waals surface area contributed by atoms with Gasteiger partial charge in [0, 0.05) is 25.7 Å². The number of hydrogen-bond donors (Lipinski definition) is 3. The predicted molar refractivity (Wildman–Crippen MR) is 110 cm³/mol. The van der Waals surface area contributed by atoms with Gasteiger partial charge in [-0.1, -0.05) is 0 Å². The Bertz CT molecular complexity index is 1220. The van der Waals surface area contributed by atoms with Crippen LogP contribution >= 0.6 is 0 Å². The molecule has 3 heterocycles. The number of halogens is 2. The van der Waals surface area contributed by atoms with E-state index in [0.717, 1.165) is 0 Å². The van der Waals surface area contributed by atoms with E-state index in [2.05, 4.69) is 26.0 Å². The summed E-state index contributed by atoms with van der Waals surface area (Å²) in [5.41, 5.74) is 0.332. The second-order valence-corrected chi connectivity index (χ2v) is 7.82. The average molecular weight is 429 g/mol. The van der Waals surface area contributed by atoms with Crippen LogP contribution in [0.2, 0.25) is 0 Å². The van der Waals surface area contributed by atoms with Crippen LogP contribution in [0.15, 0.2) is 35.4 Å². The van der Waals surface area contributed by atoms with E-state index in [1.165, 1.54) is 15.3 Å². The number of nitrogens with zero attached hydrogens (tertiary/aromatic N) is 4. The Kier molecular flexibility index (Phi) is 4.60. The summed E-state index contributed by atoms with van der Waals surface area (Å²) in [5, 5.41) is 12.8. The van der Waals surface area contributed by atoms with Crippen molar-refractivity contribution < 1.29 is 13.6 Å². The molecule has 2 saturated carbocycles. The first-order valence-corrected chi connectivity index (χ1v) is 10.1. The Morgan fingerprint density at radius 1 is 1.26 bits per heavy atom. The molecule has 9 nitrogen and oxygen atoms in total. The van der Waals surface area contributed by atoms with Crippen LogP contribution in [0.5, 0.6) is 0 Å². The van der Waals surface area contributed by atoms with Gasteiger partial charge in [0.05, 0.1) is 18.3 Å². The van der Waals surface area contributed by atoms with Crippen molar-refractivity contribution in [1.29, 1.82) is 0 Å². The fraction of sp³-hybridized carbons (Fsp3) is 0.400. The van der Waals surface area contributed by atoms with Crippen LogP contribution in [0.3, 0.4) is 0 Å². The van der Waals surface area contributed by atoms with Crippen molar-refractivity contribution in [2.24, 2.45) is 0 Å². The van der Waals surface area contributed by atoms with E-state index in [-0.39, 0.29) is 22.5 Å². The number of nitrogens with one attached hydrogen (secondary N) is 3. The number of aromatic nitrogens is 4. The summed E-state index contributed by atoms with van der Waals surface area (Å²) in [7, 11) is 1.69. The number of hydrogen-bond acceptors (Lipinski definition) is 6. The molecule has 1 amide bonds. The highest BCUT2D eigenvalue weighted by Crippen LogP contribution is 2.37. The molecule has 4 atom stereocenters. The number of amides is 1. The highest BCUT2D eigenvalue weighted by atomic mass is 19.1. The third-order valence-electron chi connectivity index (χ3n) is 5.75. The molecule has 31 heavy (non-hydrogen) atoms. The van der Waals surface area contributed by atoms with E-state index in [9.17, 15) is 18.4 Å². The van der Waals surface area contributed by atoms with Crippen molar-refractivity contribution in [3.8, 4) is 0 Å². The number of alkyl halides is 2. The zero-order valence-corrected chi connectivity index (χ0v) is 16.7. The van der Waals surface area contributed by atoms with E-state index >= 15 is 0 Å². The van der Waals surface area contributed by atoms with Crippen LogP contribution < -0.4 is 21.5 Å². The van der Waals surface area contributed by atoms with Gasteiger partial charge in [-0.25, -0.2) is 13.8 Å². The molecule has 162 valence electrons. The Labute approximate surface area is 175 Å². The lowest BCUT2D eigenvalue weighted by Crippen LogP contribution is -2.48. The summed E-state index contributed by atoms with van der Waals surface area (Å²) in [6.45, 7) is 0. The van der Waals surface area contributed by atoms with Crippen LogP contribution in [0.25, 0.3) is 5.65 Å². The topological polar surface area (TPSA) is 105 Å².